The summed E-state index contributed by atoms with van der Waals surface area (Å²) in [5, 5.41) is 2.53. The largest absolute Gasteiger partial charge is 0.345 e. The third-order valence-corrected chi connectivity index (χ3v) is 1.41. The van der Waals surface area contributed by atoms with Crippen molar-refractivity contribution in [3.63, 3.8) is 0 Å². The number of nitrogens with one attached hydrogen (secondary N) is 1. The van der Waals surface area contributed by atoms with E-state index in [1.807, 2.05) is 6.08 Å². The highest BCUT2D eigenvalue weighted by Gasteiger charge is 2.20. The number of amidine groups is 1. The van der Waals surface area contributed by atoms with Crippen molar-refractivity contribution in [2.24, 2.45) is 15.9 Å². The van der Waals surface area contributed by atoms with Crippen molar-refractivity contribution < 1.29 is 4.79 Å². The van der Waals surface area contributed by atoms with Crippen LogP contribution in [0.5, 0.6) is 0 Å². The maximum absolute atomic E-state index is 10.6. The first-order valence-electron chi connectivity index (χ1n) is 2.96. The average Bonchev–Trinajstić information content (AvgIpc) is 2.33. The Balaban J connectivity index is 2.35. The van der Waals surface area contributed by atoms with Gasteiger partial charge in [0.05, 0.1) is 5.92 Å². The average molecular weight is 135 g/mol. The summed E-state index contributed by atoms with van der Waals surface area (Å²) in [6.45, 7) is 0. The lowest BCUT2D eigenvalue weighted by Gasteiger charge is -2.10. The molecule has 1 N–H and O–H groups in total. The minimum atomic E-state index is -0.335. The van der Waals surface area contributed by atoms with Crippen molar-refractivity contribution in [1.29, 1.82) is 0 Å². The van der Waals surface area contributed by atoms with Crippen LogP contribution < -0.4 is 5.32 Å². The van der Waals surface area contributed by atoms with E-state index < -0.39 is 0 Å². The van der Waals surface area contributed by atoms with E-state index in [0.717, 1.165) is 0 Å². The number of fused-ring (bicyclic) bond motifs is 1. The molecule has 1 unspecified atom stereocenters. The molecule has 2 rings (SSSR count). The van der Waals surface area contributed by atoms with Gasteiger partial charge in [0.2, 0.25) is 0 Å². The Morgan fingerprint density at radius 3 is 3.40 bits per heavy atom. The number of hydrogen-bond acceptors (Lipinski definition) is 2. The Labute approximate surface area is 57.4 Å². The molecule has 0 bridgehead atoms. The Bertz CT molecular complexity index is 264. The van der Waals surface area contributed by atoms with Crippen molar-refractivity contribution in [3.05, 3.63) is 12.3 Å². The Morgan fingerprint density at radius 2 is 2.50 bits per heavy atom. The summed E-state index contributed by atoms with van der Waals surface area (Å²) in [7, 11) is 0. The van der Waals surface area contributed by atoms with Crippen molar-refractivity contribution in [2.75, 3.05) is 0 Å². The molecule has 10 heavy (non-hydrogen) atoms. The van der Waals surface area contributed by atoms with Crippen LogP contribution in [0.1, 0.15) is 0 Å². The van der Waals surface area contributed by atoms with E-state index in [2.05, 4.69) is 15.3 Å². The van der Waals surface area contributed by atoms with Crippen molar-refractivity contribution >= 4 is 18.1 Å². The molecule has 2 heterocycles. The van der Waals surface area contributed by atoms with Gasteiger partial charge in [-0.05, 0) is 0 Å². The van der Waals surface area contributed by atoms with Crippen molar-refractivity contribution in [1.82, 2.24) is 5.32 Å². The summed E-state index contributed by atoms with van der Waals surface area (Å²) in [4.78, 5) is 18.1. The highest BCUT2D eigenvalue weighted by atomic mass is 16.2. The maximum atomic E-state index is 10.6. The first-order chi connectivity index (χ1) is 4.86. The van der Waals surface area contributed by atoms with E-state index >= 15 is 0 Å². The van der Waals surface area contributed by atoms with Gasteiger partial charge >= 0.3 is 6.03 Å². The van der Waals surface area contributed by atoms with E-state index in [0.29, 0.717) is 5.84 Å². The van der Waals surface area contributed by atoms with E-state index in [-0.39, 0.29) is 11.9 Å². The monoisotopic (exact) mass is 135 g/mol. The molecule has 0 fully saturated rings. The van der Waals surface area contributed by atoms with Crippen LogP contribution >= 0.6 is 0 Å². The van der Waals surface area contributed by atoms with E-state index in [1.54, 1.807) is 12.4 Å². The smallest absolute Gasteiger partial charge is 0.293 e. The van der Waals surface area contributed by atoms with Gasteiger partial charge in [0.15, 0.2) is 0 Å². The van der Waals surface area contributed by atoms with Crippen LogP contribution in [0.2, 0.25) is 0 Å². The molecule has 0 radical (unpaired) electrons. The zero-order valence-electron chi connectivity index (χ0n) is 5.11. The third kappa shape index (κ3) is 0.655. The van der Waals surface area contributed by atoms with E-state index in [1.165, 1.54) is 0 Å². The van der Waals surface area contributed by atoms with Gasteiger partial charge in [-0.3, -0.25) is 5.32 Å². The summed E-state index contributed by atoms with van der Waals surface area (Å²) in [5.74, 6) is 0.776. The summed E-state index contributed by atoms with van der Waals surface area (Å²) in [6, 6.07) is -0.335. The Hall–Kier alpha value is -1.45. The molecule has 0 spiro atoms. The first-order valence-corrected chi connectivity index (χ1v) is 2.96. The number of rotatable bonds is 0. The molecule has 0 aromatic heterocycles. The van der Waals surface area contributed by atoms with Crippen LogP contribution in [0.3, 0.4) is 0 Å². The number of nitrogens with zero attached hydrogens (tertiary/aromatic N) is 2. The van der Waals surface area contributed by atoms with Gasteiger partial charge in [0, 0.05) is 12.4 Å². The maximum Gasteiger partial charge on any atom is 0.345 e. The van der Waals surface area contributed by atoms with E-state index in [4.69, 9.17) is 0 Å². The zero-order valence-corrected chi connectivity index (χ0v) is 5.11. The third-order valence-electron chi connectivity index (χ3n) is 1.41. The van der Waals surface area contributed by atoms with E-state index in [9.17, 15) is 4.79 Å². The molecule has 4 nitrogen and oxygen atoms in total. The SMILES string of the molecule is O=C1N=CC2C=CN=C2N1. The molecule has 0 aromatic carbocycles. The zero-order chi connectivity index (χ0) is 6.97. The molecule has 4 heteroatoms. The lowest BCUT2D eigenvalue weighted by Crippen LogP contribution is -2.36. The summed E-state index contributed by atoms with van der Waals surface area (Å²) in [6.07, 6.45) is 5.12. The van der Waals surface area contributed by atoms with Crippen molar-refractivity contribution in [3.8, 4) is 0 Å². The van der Waals surface area contributed by atoms with Gasteiger partial charge in [-0.2, -0.15) is 0 Å². The van der Waals surface area contributed by atoms with Gasteiger partial charge in [-0.25, -0.2) is 14.8 Å². The topological polar surface area (TPSA) is 53.8 Å². The Kier molecular flexibility index (Phi) is 0.943. The van der Waals surface area contributed by atoms with Gasteiger partial charge < -0.3 is 0 Å². The standard InChI is InChI=1S/C6H5N3O/c10-6-8-3-4-1-2-7-5(4)9-6/h1-4H,(H,7,9,10). The van der Waals surface area contributed by atoms with Crippen LogP contribution in [-0.2, 0) is 0 Å². The molecular weight excluding hydrogens is 130 g/mol. The molecule has 0 aromatic rings. The normalized spacial score (nSPS) is 27.8. The van der Waals surface area contributed by atoms with Crippen LogP contribution in [0, 0.1) is 5.92 Å². The Morgan fingerprint density at radius 1 is 1.60 bits per heavy atom. The summed E-state index contributed by atoms with van der Waals surface area (Å²) >= 11 is 0. The molecule has 50 valence electrons. The number of carbonyl (C=O) groups is 1. The molecule has 2 amide bonds. The predicted molar refractivity (Wildman–Crippen MR) is 37.1 cm³/mol. The van der Waals surface area contributed by atoms with Crippen LogP contribution in [0.15, 0.2) is 22.3 Å². The van der Waals surface area contributed by atoms with Gasteiger partial charge in [-0.15, -0.1) is 0 Å². The molecule has 0 aliphatic carbocycles. The lowest BCUT2D eigenvalue weighted by molar-refractivity contribution is 0.253. The second kappa shape index (κ2) is 1.76. The fraction of sp³-hybridized carbons (Fsp3) is 0.167. The number of amides is 2. The molecule has 0 saturated carbocycles. The number of urea groups is 1. The fourth-order valence-corrected chi connectivity index (χ4v) is 0.919. The molecule has 0 saturated heterocycles. The fourth-order valence-electron chi connectivity index (χ4n) is 0.919. The van der Waals surface area contributed by atoms with Crippen LogP contribution in [0.25, 0.3) is 0 Å². The van der Waals surface area contributed by atoms with Gasteiger partial charge in [0.1, 0.15) is 5.84 Å². The van der Waals surface area contributed by atoms with Crippen molar-refractivity contribution in [2.45, 2.75) is 0 Å². The molecule has 2 aliphatic heterocycles. The number of carbonyl (C=O) groups excluding carboxylic acids is 1. The van der Waals surface area contributed by atoms with Crippen LogP contribution in [-0.4, -0.2) is 18.1 Å². The highest BCUT2D eigenvalue weighted by Crippen LogP contribution is 2.08. The first kappa shape index (κ1) is 5.34. The molecular formula is C6H5N3O. The minimum absolute atomic E-state index is 0.0951. The second-order valence-electron chi connectivity index (χ2n) is 2.09. The number of aliphatic imine (C=N–C) groups is 2. The van der Waals surface area contributed by atoms with Gasteiger partial charge in [-0.1, -0.05) is 6.08 Å². The predicted octanol–water partition coefficient (Wildman–Crippen LogP) is 0.322. The lowest BCUT2D eigenvalue weighted by atomic mass is 10.1. The second-order valence-corrected chi connectivity index (χ2v) is 2.09. The quantitative estimate of drug-likeness (QED) is 0.511. The molecule has 1 atom stereocenters. The van der Waals surface area contributed by atoms with Crippen LogP contribution in [0.4, 0.5) is 4.79 Å². The van der Waals surface area contributed by atoms with Gasteiger partial charge in [0.25, 0.3) is 0 Å². The minimum Gasteiger partial charge on any atom is -0.293 e. The molecule has 2 aliphatic rings. The summed E-state index contributed by atoms with van der Waals surface area (Å²) in [5.41, 5.74) is 0. The summed E-state index contributed by atoms with van der Waals surface area (Å²) < 4.78 is 0. The number of hydrogen-bond donors (Lipinski definition) is 1. The highest BCUT2D eigenvalue weighted by molar-refractivity contribution is 6.13.